The van der Waals surface area contributed by atoms with Crippen molar-refractivity contribution in [1.29, 1.82) is 5.26 Å². The molecule has 2 atom stereocenters. The first-order valence-electron chi connectivity index (χ1n) is 9.77. The van der Waals surface area contributed by atoms with Gasteiger partial charge in [-0.05, 0) is 38.1 Å². The van der Waals surface area contributed by atoms with Crippen LogP contribution < -0.4 is 4.90 Å². The van der Waals surface area contributed by atoms with Crippen LogP contribution in [0.15, 0.2) is 54.6 Å². The molecule has 0 saturated carbocycles. The summed E-state index contributed by atoms with van der Waals surface area (Å²) in [6.45, 7) is 2.93. The first-order chi connectivity index (χ1) is 14.9. The molecule has 1 aliphatic rings. The SMILES string of the molecule is CC(OC(=O)C(C)N1C(=O)c2ccccc2C1=O)C(=O)N(CCC#N)c1ccccc1. The first-order valence-corrected chi connectivity index (χ1v) is 9.77. The van der Waals surface area contributed by atoms with Crippen molar-refractivity contribution in [3.63, 3.8) is 0 Å². The van der Waals surface area contributed by atoms with E-state index in [-0.39, 0.29) is 24.1 Å². The lowest BCUT2D eigenvalue weighted by Gasteiger charge is -2.27. The highest BCUT2D eigenvalue weighted by atomic mass is 16.5. The fraction of sp³-hybridized carbons (Fsp3) is 0.261. The summed E-state index contributed by atoms with van der Waals surface area (Å²) in [5, 5.41) is 8.90. The van der Waals surface area contributed by atoms with Crippen LogP contribution in [-0.2, 0) is 14.3 Å². The summed E-state index contributed by atoms with van der Waals surface area (Å²) in [4.78, 5) is 53.0. The molecular formula is C23H21N3O5. The van der Waals surface area contributed by atoms with Crippen LogP contribution in [0.5, 0.6) is 0 Å². The van der Waals surface area contributed by atoms with Gasteiger partial charge < -0.3 is 9.64 Å². The van der Waals surface area contributed by atoms with E-state index in [9.17, 15) is 19.2 Å². The second-order valence-electron chi connectivity index (χ2n) is 7.01. The van der Waals surface area contributed by atoms with E-state index in [1.165, 1.54) is 30.9 Å². The predicted octanol–water partition coefficient (Wildman–Crippen LogP) is 2.55. The maximum Gasteiger partial charge on any atom is 0.329 e. The molecule has 8 nitrogen and oxygen atoms in total. The summed E-state index contributed by atoms with van der Waals surface area (Å²) in [5.74, 6) is -2.54. The number of para-hydroxylation sites is 1. The van der Waals surface area contributed by atoms with Gasteiger partial charge in [0.15, 0.2) is 6.10 Å². The molecule has 0 spiro atoms. The third-order valence-electron chi connectivity index (χ3n) is 4.98. The van der Waals surface area contributed by atoms with Crippen molar-refractivity contribution in [2.45, 2.75) is 32.4 Å². The highest BCUT2D eigenvalue weighted by Gasteiger charge is 2.42. The average Bonchev–Trinajstić information content (AvgIpc) is 3.04. The Morgan fingerprint density at radius 1 is 1.00 bits per heavy atom. The van der Waals surface area contributed by atoms with E-state index in [1.807, 2.05) is 6.07 Å². The van der Waals surface area contributed by atoms with Crippen molar-refractivity contribution in [3.05, 3.63) is 65.7 Å². The first kappa shape index (κ1) is 21.7. The Kier molecular flexibility index (Phi) is 6.46. The number of benzene rings is 2. The fourth-order valence-corrected chi connectivity index (χ4v) is 3.34. The van der Waals surface area contributed by atoms with Crippen molar-refractivity contribution >= 4 is 29.4 Å². The molecule has 0 aliphatic carbocycles. The number of hydrogen-bond acceptors (Lipinski definition) is 6. The predicted molar refractivity (Wildman–Crippen MR) is 111 cm³/mol. The summed E-state index contributed by atoms with van der Waals surface area (Å²) in [6, 6.07) is 15.8. The third-order valence-corrected chi connectivity index (χ3v) is 4.98. The largest absolute Gasteiger partial charge is 0.451 e. The van der Waals surface area contributed by atoms with Crippen LogP contribution in [0.4, 0.5) is 5.69 Å². The number of rotatable bonds is 7. The van der Waals surface area contributed by atoms with E-state index < -0.39 is 35.8 Å². The number of anilines is 1. The molecule has 1 aliphatic heterocycles. The van der Waals surface area contributed by atoms with Crippen molar-refractivity contribution in [2.24, 2.45) is 0 Å². The Morgan fingerprint density at radius 3 is 2.10 bits per heavy atom. The number of nitrogens with zero attached hydrogens (tertiary/aromatic N) is 3. The normalized spacial score (nSPS) is 14.4. The summed E-state index contributed by atoms with van der Waals surface area (Å²) in [5.41, 5.74) is 1.02. The minimum absolute atomic E-state index is 0.104. The van der Waals surface area contributed by atoms with Gasteiger partial charge in [-0.3, -0.25) is 19.3 Å². The molecule has 0 N–H and O–H groups in total. The van der Waals surface area contributed by atoms with E-state index in [0.717, 1.165) is 4.90 Å². The Hall–Kier alpha value is -3.99. The molecule has 3 rings (SSSR count). The quantitative estimate of drug-likeness (QED) is 0.504. The van der Waals surface area contributed by atoms with Crippen molar-refractivity contribution in [1.82, 2.24) is 4.90 Å². The van der Waals surface area contributed by atoms with Gasteiger partial charge >= 0.3 is 5.97 Å². The number of ether oxygens (including phenoxy) is 1. The number of imide groups is 1. The van der Waals surface area contributed by atoms with Gasteiger partial charge in [-0.25, -0.2) is 4.79 Å². The lowest BCUT2D eigenvalue weighted by molar-refractivity contribution is -0.157. The number of nitriles is 1. The standard InChI is InChI=1S/C23H21N3O5/c1-15(26-21(28)18-11-6-7-12-19(18)22(26)29)23(30)31-16(2)20(27)25(14-8-13-24)17-9-4-3-5-10-17/h3-7,9-12,15-16H,8,14H2,1-2H3. The Morgan fingerprint density at radius 2 is 1.55 bits per heavy atom. The topological polar surface area (TPSA) is 108 Å². The zero-order valence-electron chi connectivity index (χ0n) is 17.1. The van der Waals surface area contributed by atoms with Crippen LogP contribution in [0.3, 0.4) is 0 Å². The van der Waals surface area contributed by atoms with E-state index in [0.29, 0.717) is 5.69 Å². The second kappa shape index (κ2) is 9.22. The minimum atomic E-state index is -1.20. The number of carbonyl (C=O) groups is 4. The number of amides is 3. The zero-order chi connectivity index (χ0) is 22.5. The Balaban J connectivity index is 1.72. The maximum atomic E-state index is 12.9. The Bertz CT molecular complexity index is 1030. The highest BCUT2D eigenvalue weighted by molar-refractivity contribution is 6.22. The smallest absolute Gasteiger partial charge is 0.329 e. The fourth-order valence-electron chi connectivity index (χ4n) is 3.34. The van der Waals surface area contributed by atoms with Crippen LogP contribution in [0, 0.1) is 11.3 Å². The maximum absolute atomic E-state index is 12.9. The molecule has 158 valence electrons. The number of carbonyl (C=O) groups excluding carboxylic acids is 4. The van der Waals surface area contributed by atoms with E-state index in [2.05, 4.69) is 0 Å². The molecule has 0 saturated heterocycles. The lowest BCUT2D eigenvalue weighted by Crippen LogP contribution is -2.47. The number of hydrogen-bond donors (Lipinski definition) is 0. The molecule has 2 unspecified atom stereocenters. The summed E-state index contributed by atoms with van der Waals surface area (Å²) < 4.78 is 5.31. The van der Waals surface area contributed by atoms with Crippen molar-refractivity contribution < 1.29 is 23.9 Å². The van der Waals surface area contributed by atoms with Gasteiger partial charge in [0.05, 0.1) is 23.6 Å². The van der Waals surface area contributed by atoms with Crippen LogP contribution >= 0.6 is 0 Å². The molecule has 31 heavy (non-hydrogen) atoms. The van der Waals surface area contributed by atoms with Gasteiger partial charge in [0, 0.05) is 12.2 Å². The lowest BCUT2D eigenvalue weighted by atomic mass is 10.1. The monoisotopic (exact) mass is 419 g/mol. The molecule has 2 aromatic rings. The van der Waals surface area contributed by atoms with Gasteiger partial charge in [-0.2, -0.15) is 5.26 Å². The number of fused-ring (bicyclic) bond motifs is 1. The van der Waals surface area contributed by atoms with Crippen LogP contribution in [0.2, 0.25) is 0 Å². The highest BCUT2D eigenvalue weighted by Crippen LogP contribution is 2.25. The zero-order valence-corrected chi connectivity index (χ0v) is 17.1. The van der Waals surface area contributed by atoms with Crippen LogP contribution in [0.25, 0.3) is 0 Å². The molecule has 0 bridgehead atoms. The molecule has 1 heterocycles. The Labute approximate surface area is 179 Å². The van der Waals surface area contributed by atoms with E-state index in [4.69, 9.17) is 10.00 Å². The second-order valence-corrected chi connectivity index (χ2v) is 7.01. The van der Waals surface area contributed by atoms with Gasteiger partial charge in [-0.15, -0.1) is 0 Å². The van der Waals surface area contributed by atoms with Crippen LogP contribution in [0.1, 0.15) is 41.0 Å². The molecule has 3 amide bonds. The summed E-state index contributed by atoms with van der Waals surface area (Å²) in [6.07, 6.45) is -1.07. The molecule has 0 aromatic heterocycles. The minimum Gasteiger partial charge on any atom is -0.451 e. The van der Waals surface area contributed by atoms with Gasteiger partial charge in [0.2, 0.25) is 0 Å². The van der Waals surface area contributed by atoms with Crippen LogP contribution in [-0.4, -0.2) is 47.3 Å². The number of esters is 1. The van der Waals surface area contributed by atoms with Gasteiger partial charge in [0.1, 0.15) is 6.04 Å². The molecule has 0 fully saturated rings. The van der Waals surface area contributed by atoms with Gasteiger partial charge in [0.25, 0.3) is 17.7 Å². The average molecular weight is 419 g/mol. The third kappa shape index (κ3) is 4.31. The molecule has 0 radical (unpaired) electrons. The van der Waals surface area contributed by atoms with Crippen molar-refractivity contribution in [3.8, 4) is 6.07 Å². The summed E-state index contributed by atoms with van der Waals surface area (Å²) in [7, 11) is 0. The van der Waals surface area contributed by atoms with Gasteiger partial charge in [-0.1, -0.05) is 30.3 Å². The molecular weight excluding hydrogens is 398 g/mol. The van der Waals surface area contributed by atoms with E-state index in [1.54, 1.807) is 42.5 Å². The van der Waals surface area contributed by atoms with Crippen molar-refractivity contribution in [2.75, 3.05) is 11.4 Å². The summed E-state index contributed by atoms with van der Waals surface area (Å²) >= 11 is 0. The molecule has 2 aromatic carbocycles. The molecule has 8 heteroatoms. The van der Waals surface area contributed by atoms with E-state index >= 15 is 0 Å².